The van der Waals surface area contributed by atoms with Crippen LogP contribution in [0, 0.1) is 5.92 Å². The summed E-state index contributed by atoms with van der Waals surface area (Å²) in [5.41, 5.74) is 1.68. The van der Waals surface area contributed by atoms with Gasteiger partial charge in [-0.3, -0.25) is 9.69 Å². The SMILES string of the molecule is [B]C1([B])CCN(Cc2ccccc2)CCN1c1cccc(C(=O)NCC2CC2)n1. The number of nitrogens with one attached hydrogen (secondary N) is 1. The van der Waals surface area contributed by atoms with Gasteiger partial charge in [0, 0.05) is 26.2 Å². The van der Waals surface area contributed by atoms with Crippen LogP contribution in [0.4, 0.5) is 5.82 Å². The molecule has 0 bridgehead atoms. The highest BCUT2D eigenvalue weighted by Gasteiger charge is 2.31. The van der Waals surface area contributed by atoms with Crippen molar-refractivity contribution >= 4 is 27.4 Å². The van der Waals surface area contributed by atoms with E-state index in [1.807, 2.05) is 23.1 Å². The number of benzene rings is 1. The van der Waals surface area contributed by atoms with Gasteiger partial charge >= 0.3 is 0 Å². The highest BCUT2D eigenvalue weighted by atomic mass is 16.1. The smallest absolute Gasteiger partial charge is 0.269 e. The van der Waals surface area contributed by atoms with Crippen molar-refractivity contribution in [2.24, 2.45) is 5.92 Å². The molecule has 5 nitrogen and oxygen atoms in total. The van der Waals surface area contributed by atoms with E-state index in [1.165, 1.54) is 18.4 Å². The summed E-state index contributed by atoms with van der Waals surface area (Å²) in [6.45, 7) is 3.87. The summed E-state index contributed by atoms with van der Waals surface area (Å²) in [4.78, 5) is 21.3. The zero-order valence-corrected chi connectivity index (χ0v) is 16.8. The van der Waals surface area contributed by atoms with E-state index in [2.05, 4.69) is 39.5 Å². The van der Waals surface area contributed by atoms with Gasteiger partial charge in [0.1, 0.15) is 11.5 Å². The van der Waals surface area contributed by atoms with Crippen LogP contribution < -0.4 is 10.2 Å². The zero-order chi connectivity index (χ0) is 20.3. The van der Waals surface area contributed by atoms with Crippen LogP contribution >= 0.6 is 0 Å². The zero-order valence-electron chi connectivity index (χ0n) is 16.8. The standard InChI is InChI=1S/C22H26B2N4O/c23-22(24)11-12-27(16-18-5-2-1-3-6-18)13-14-28(22)20-8-4-7-19(26-20)21(29)25-15-17-9-10-17/h1-8,17H,9-16H2,(H,25,29). The predicted molar refractivity (Wildman–Crippen MR) is 117 cm³/mol. The molecule has 4 radical (unpaired) electrons. The van der Waals surface area contributed by atoms with Gasteiger partial charge in [-0.25, -0.2) is 4.98 Å². The summed E-state index contributed by atoms with van der Waals surface area (Å²) >= 11 is 0. The van der Waals surface area contributed by atoms with Crippen LogP contribution in [0.2, 0.25) is 0 Å². The third-order valence-corrected chi connectivity index (χ3v) is 5.71. The second-order valence-electron chi connectivity index (χ2n) is 8.19. The molecule has 0 spiro atoms. The van der Waals surface area contributed by atoms with Gasteiger partial charge in [-0.2, -0.15) is 0 Å². The highest BCUT2D eigenvalue weighted by Crippen LogP contribution is 2.28. The topological polar surface area (TPSA) is 48.5 Å². The molecule has 1 aliphatic carbocycles. The van der Waals surface area contributed by atoms with Crippen LogP contribution in [0.5, 0.6) is 0 Å². The lowest BCUT2D eigenvalue weighted by Gasteiger charge is -2.39. The van der Waals surface area contributed by atoms with Crippen LogP contribution in [-0.2, 0) is 6.54 Å². The Bertz CT molecular complexity index is 842. The quantitative estimate of drug-likeness (QED) is 0.774. The molecular formula is C22H26B2N4O. The molecule has 2 aromatic rings. The van der Waals surface area contributed by atoms with Gasteiger partial charge in [-0.05, 0) is 54.8 Å². The lowest BCUT2D eigenvalue weighted by atomic mass is 9.59. The molecule has 7 heteroatoms. The van der Waals surface area contributed by atoms with E-state index in [9.17, 15) is 4.79 Å². The van der Waals surface area contributed by atoms with Crippen molar-refractivity contribution < 1.29 is 4.79 Å². The van der Waals surface area contributed by atoms with E-state index in [-0.39, 0.29) is 5.91 Å². The van der Waals surface area contributed by atoms with E-state index >= 15 is 0 Å². The molecule has 2 heterocycles. The number of nitrogens with zero attached hydrogens (tertiary/aromatic N) is 3. The summed E-state index contributed by atoms with van der Waals surface area (Å²) < 4.78 is 0. The molecule has 4 rings (SSSR count). The molecule has 1 aromatic carbocycles. The molecule has 146 valence electrons. The number of rotatable bonds is 6. The number of anilines is 1. The first-order valence-electron chi connectivity index (χ1n) is 10.4. The number of hydrogen-bond donors (Lipinski definition) is 1. The van der Waals surface area contributed by atoms with Crippen molar-refractivity contribution in [1.29, 1.82) is 0 Å². The normalized spacial score (nSPS) is 19.5. The Hall–Kier alpha value is -2.27. The summed E-state index contributed by atoms with van der Waals surface area (Å²) in [5.74, 6) is 1.14. The van der Waals surface area contributed by atoms with Gasteiger partial charge in [-0.15, -0.1) is 0 Å². The van der Waals surface area contributed by atoms with Crippen molar-refractivity contribution in [2.45, 2.75) is 31.1 Å². The molecule has 1 amide bonds. The molecule has 29 heavy (non-hydrogen) atoms. The van der Waals surface area contributed by atoms with Crippen molar-refractivity contribution in [1.82, 2.24) is 15.2 Å². The van der Waals surface area contributed by atoms with Crippen LogP contribution in [0.25, 0.3) is 0 Å². The fraction of sp³-hybridized carbons (Fsp3) is 0.455. The maximum Gasteiger partial charge on any atom is 0.269 e. The minimum absolute atomic E-state index is 0.140. The fourth-order valence-corrected chi connectivity index (χ4v) is 3.71. The number of carbonyl (C=O) groups is 1. The van der Waals surface area contributed by atoms with Crippen LogP contribution in [0.1, 0.15) is 35.3 Å². The second kappa shape index (κ2) is 8.62. The van der Waals surface area contributed by atoms with Crippen LogP contribution in [0.15, 0.2) is 48.5 Å². The third-order valence-electron chi connectivity index (χ3n) is 5.71. The molecule has 0 atom stereocenters. The number of pyridine rings is 1. The Morgan fingerprint density at radius 3 is 2.62 bits per heavy atom. The Labute approximate surface area is 175 Å². The van der Waals surface area contributed by atoms with Crippen molar-refractivity contribution in [3.63, 3.8) is 0 Å². The Morgan fingerprint density at radius 2 is 1.86 bits per heavy atom. The minimum atomic E-state index is -1.01. The van der Waals surface area contributed by atoms with Crippen molar-refractivity contribution in [3.8, 4) is 0 Å². The molecule has 1 N–H and O–H groups in total. The number of amides is 1. The Kier molecular flexibility index (Phi) is 5.95. The summed E-state index contributed by atoms with van der Waals surface area (Å²) in [7, 11) is 13.0. The molecule has 2 aliphatic rings. The van der Waals surface area contributed by atoms with E-state index in [1.54, 1.807) is 6.07 Å². The largest absolute Gasteiger partial charge is 0.367 e. The van der Waals surface area contributed by atoms with Gasteiger partial charge in [0.25, 0.3) is 5.91 Å². The highest BCUT2D eigenvalue weighted by molar-refractivity contribution is 6.41. The summed E-state index contributed by atoms with van der Waals surface area (Å²) in [5, 5.41) is 1.96. The Morgan fingerprint density at radius 1 is 1.07 bits per heavy atom. The first-order valence-corrected chi connectivity index (χ1v) is 10.4. The van der Waals surface area contributed by atoms with Crippen molar-refractivity contribution in [2.75, 3.05) is 31.1 Å². The summed E-state index contributed by atoms with van der Waals surface area (Å²) in [6.07, 6.45) is 3.01. The maximum absolute atomic E-state index is 12.4. The number of hydrogen-bond acceptors (Lipinski definition) is 4. The average Bonchev–Trinajstić information content (AvgIpc) is 3.56. The van der Waals surface area contributed by atoms with Gasteiger partial charge in [0.05, 0.1) is 15.7 Å². The fourth-order valence-electron chi connectivity index (χ4n) is 3.71. The third kappa shape index (κ3) is 5.21. The van der Waals surface area contributed by atoms with Gasteiger partial charge in [0.15, 0.2) is 0 Å². The predicted octanol–water partition coefficient (Wildman–Crippen LogP) is 1.92. The van der Waals surface area contributed by atoms with E-state index in [0.717, 1.165) is 26.2 Å². The second-order valence-corrected chi connectivity index (χ2v) is 8.19. The first-order chi connectivity index (χ1) is 14.0. The molecule has 1 aliphatic heterocycles. The number of carbonyl (C=O) groups excluding carboxylic acids is 1. The van der Waals surface area contributed by atoms with Gasteiger partial charge in [-0.1, -0.05) is 36.4 Å². The molecule has 1 saturated carbocycles. The van der Waals surface area contributed by atoms with Crippen LogP contribution in [-0.4, -0.2) is 63.0 Å². The Balaban J connectivity index is 1.45. The molecule has 0 unspecified atom stereocenters. The lowest BCUT2D eigenvalue weighted by molar-refractivity contribution is 0.0947. The lowest BCUT2D eigenvalue weighted by Crippen LogP contribution is -2.51. The van der Waals surface area contributed by atoms with Gasteiger partial charge in [0.2, 0.25) is 0 Å². The van der Waals surface area contributed by atoms with Crippen molar-refractivity contribution in [3.05, 3.63) is 59.8 Å². The van der Waals surface area contributed by atoms with Crippen LogP contribution in [0.3, 0.4) is 0 Å². The summed E-state index contributed by atoms with van der Waals surface area (Å²) in [6, 6.07) is 15.9. The molecule has 1 aromatic heterocycles. The van der Waals surface area contributed by atoms with Gasteiger partial charge < -0.3 is 10.2 Å². The maximum atomic E-state index is 12.4. The van der Waals surface area contributed by atoms with E-state index < -0.39 is 5.34 Å². The van der Waals surface area contributed by atoms with E-state index in [0.29, 0.717) is 30.4 Å². The molecule has 1 saturated heterocycles. The number of aromatic nitrogens is 1. The first kappa shape index (κ1) is 20.0. The monoisotopic (exact) mass is 384 g/mol. The average molecular weight is 384 g/mol. The molecule has 2 fully saturated rings. The van der Waals surface area contributed by atoms with E-state index in [4.69, 9.17) is 15.7 Å². The molecular weight excluding hydrogens is 358 g/mol. The minimum Gasteiger partial charge on any atom is -0.367 e.